The molecule has 0 bridgehead atoms. The Balaban J connectivity index is 2.20. The Morgan fingerprint density at radius 3 is 2.52 bits per heavy atom. The average molecular weight is 286 g/mol. The molecule has 0 saturated heterocycles. The minimum atomic E-state index is -1.15. The van der Waals surface area contributed by atoms with Crippen molar-refractivity contribution < 1.29 is 14.7 Å². The number of hydrogen-bond donors (Lipinski definition) is 2. The Hall–Kier alpha value is -2.96. The maximum Gasteiger partial charge on any atom is 0.339 e. The van der Waals surface area contributed by atoms with Gasteiger partial charge in [0.1, 0.15) is 17.2 Å². The third-order valence-electron chi connectivity index (χ3n) is 2.74. The summed E-state index contributed by atoms with van der Waals surface area (Å²) in [5.74, 6) is -0.893. The van der Waals surface area contributed by atoms with Crippen molar-refractivity contribution in [1.82, 2.24) is 9.97 Å². The number of aromatic nitrogens is 2. The van der Waals surface area contributed by atoms with Crippen molar-refractivity contribution in [2.24, 2.45) is 0 Å². The van der Waals surface area contributed by atoms with Gasteiger partial charge in [-0.2, -0.15) is 0 Å². The fourth-order valence-electron chi connectivity index (χ4n) is 1.64. The molecule has 0 fully saturated rings. The van der Waals surface area contributed by atoms with Gasteiger partial charge in [0, 0.05) is 26.5 Å². The van der Waals surface area contributed by atoms with Crippen LogP contribution in [0, 0.1) is 0 Å². The third kappa shape index (κ3) is 3.33. The van der Waals surface area contributed by atoms with Crippen LogP contribution in [-0.4, -0.2) is 41.0 Å². The van der Waals surface area contributed by atoms with E-state index in [9.17, 15) is 9.59 Å². The topological polar surface area (TPSA) is 95.4 Å². The second-order valence-electron chi connectivity index (χ2n) is 4.46. The summed E-state index contributed by atoms with van der Waals surface area (Å²) in [4.78, 5) is 32.9. The number of carboxylic acid groups (broad SMARTS) is 1. The lowest BCUT2D eigenvalue weighted by Gasteiger charge is -2.11. The number of amides is 1. The van der Waals surface area contributed by atoms with Crippen molar-refractivity contribution in [2.45, 2.75) is 0 Å². The summed E-state index contributed by atoms with van der Waals surface area (Å²) in [7, 11) is 3.68. The molecule has 0 aliphatic rings. The van der Waals surface area contributed by atoms with Crippen LogP contribution in [0.2, 0.25) is 0 Å². The Labute approximate surface area is 121 Å². The highest BCUT2D eigenvalue weighted by atomic mass is 16.4. The van der Waals surface area contributed by atoms with Crippen LogP contribution in [0.4, 0.5) is 11.6 Å². The Kier molecular flexibility index (Phi) is 4.13. The Bertz CT molecular complexity index is 668. The lowest BCUT2D eigenvalue weighted by Crippen LogP contribution is -2.17. The number of carboxylic acids is 1. The summed E-state index contributed by atoms with van der Waals surface area (Å²) in [5, 5.41) is 11.5. The summed E-state index contributed by atoms with van der Waals surface area (Å²) in [5.41, 5.74) is 0.256. The van der Waals surface area contributed by atoms with E-state index in [-0.39, 0.29) is 11.4 Å². The molecular formula is C14H14N4O3. The molecule has 0 unspecified atom stereocenters. The molecule has 2 heterocycles. The van der Waals surface area contributed by atoms with Gasteiger partial charge in [0.25, 0.3) is 5.91 Å². The molecule has 0 atom stereocenters. The van der Waals surface area contributed by atoms with E-state index in [1.54, 1.807) is 12.1 Å². The zero-order valence-corrected chi connectivity index (χ0v) is 11.6. The van der Waals surface area contributed by atoms with Crippen LogP contribution in [-0.2, 0) is 0 Å². The van der Waals surface area contributed by atoms with Crippen LogP contribution >= 0.6 is 0 Å². The van der Waals surface area contributed by atoms with Crippen molar-refractivity contribution >= 4 is 23.5 Å². The van der Waals surface area contributed by atoms with E-state index in [4.69, 9.17) is 5.11 Å². The van der Waals surface area contributed by atoms with Crippen molar-refractivity contribution in [3.8, 4) is 0 Å². The van der Waals surface area contributed by atoms with E-state index in [1.165, 1.54) is 24.5 Å². The standard InChI is InChI=1S/C14H14N4O3/c1-18(2)11-6-5-9(8-16-11)13(19)17-12-10(14(20)21)4-3-7-15-12/h3-8H,1-2H3,(H,20,21)(H,15,17,19). The van der Waals surface area contributed by atoms with Crippen LogP contribution < -0.4 is 10.2 Å². The molecule has 0 aliphatic heterocycles. The van der Waals surface area contributed by atoms with Gasteiger partial charge in [-0.15, -0.1) is 0 Å². The summed E-state index contributed by atoms with van der Waals surface area (Å²) < 4.78 is 0. The second-order valence-corrected chi connectivity index (χ2v) is 4.46. The number of pyridine rings is 2. The minimum absolute atomic E-state index is 0.00619. The van der Waals surface area contributed by atoms with Gasteiger partial charge in [0.2, 0.25) is 0 Å². The molecule has 0 aromatic carbocycles. The van der Waals surface area contributed by atoms with E-state index in [2.05, 4.69) is 15.3 Å². The van der Waals surface area contributed by atoms with Gasteiger partial charge in [-0.1, -0.05) is 0 Å². The molecule has 21 heavy (non-hydrogen) atoms. The van der Waals surface area contributed by atoms with Crippen LogP contribution in [0.3, 0.4) is 0 Å². The normalized spacial score (nSPS) is 10.0. The highest BCUT2D eigenvalue weighted by Gasteiger charge is 2.14. The van der Waals surface area contributed by atoms with Crippen LogP contribution in [0.1, 0.15) is 20.7 Å². The Morgan fingerprint density at radius 1 is 1.19 bits per heavy atom. The molecule has 0 saturated carbocycles. The van der Waals surface area contributed by atoms with Gasteiger partial charge in [0.15, 0.2) is 0 Å². The lowest BCUT2D eigenvalue weighted by atomic mass is 10.2. The molecule has 2 rings (SSSR count). The smallest absolute Gasteiger partial charge is 0.339 e. The number of hydrogen-bond acceptors (Lipinski definition) is 5. The van der Waals surface area contributed by atoms with Gasteiger partial charge in [0.05, 0.1) is 5.56 Å². The van der Waals surface area contributed by atoms with Crippen molar-refractivity contribution in [2.75, 3.05) is 24.3 Å². The first kappa shape index (κ1) is 14.4. The number of carbonyl (C=O) groups excluding carboxylic acids is 1. The maximum atomic E-state index is 12.1. The Morgan fingerprint density at radius 2 is 1.95 bits per heavy atom. The lowest BCUT2D eigenvalue weighted by molar-refractivity contribution is 0.0697. The monoisotopic (exact) mass is 286 g/mol. The zero-order chi connectivity index (χ0) is 15.4. The maximum absolute atomic E-state index is 12.1. The largest absolute Gasteiger partial charge is 0.478 e. The number of rotatable bonds is 4. The highest BCUT2D eigenvalue weighted by molar-refractivity contribution is 6.06. The van der Waals surface area contributed by atoms with Crippen LogP contribution in [0.25, 0.3) is 0 Å². The molecule has 0 aliphatic carbocycles. The quantitative estimate of drug-likeness (QED) is 0.884. The molecule has 2 N–H and O–H groups in total. The van der Waals surface area contributed by atoms with Gasteiger partial charge >= 0.3 is 5.97 Å². The number of aromatic carboxylic acids is 1. The first-order valence-corrected chi connectivity index (χ1v) is 6.12. The van der Waals surface area contributed by atoms with Crippen molar-refractivity contribution in [3.63, 3.8) is 0 Å². The first-order chi connectivity index (χ1) is 9.99. The summed E-state index contributed by atoms with van der Waals surface area (Å²) in [6.07, 6.45) is 2.84. The summed E-state index contributed by atoms with van der Waals surface area (Å²) >= 11 is 0. The molecule has 108 valence electrons. The fraction of sp³-hybridized carbons (Fsp3) is 0.143. The third-order valence-corrected chi connectivity index (χ3v) is 2.74. The van der Waals surface area contributed by atoms with E-state index in [0.717, 1.165) is 5.82 Å². The molecule has 0 radical (unpaired) electrons. The number of carbonyl (C=O) groups is 2. The average Bonchev–Trinajstić information content (AvgIpc) is 2.47. The molecule has 2 aromatic rings. The minimum Gasteiger partial charge on any atom is -0.478 e. The predicted octanol–water partition coefficient (Wildman–Crippen LogP) is 1.49. The van der Waals surface area contributed by atoms with Crippen molar-refractivity contribution in [1.29, 1.82) is 0 Å². The van der Waals surface area contributed by atoms with Gasteiger partial charge < -0.3 is 15.3 Å². The van der Waals surface area contributed by atoms with Gasteiger partial charge in [-0.3, -0.25) is 4.79 Å². The molecule has 7 nitrogen and oxygen atoms in total. The number of nitrogens with one attached hydrogen (secondary N) is 1. The van der Waals surface area contributed by atoms with E-state index in [1.807, 2.05) is 19.0 Å². The van der Waals surface area contributed by atoms with Gasteiger partial charge in [-0.25, -0.2) is 14.8 Å². The van der Waals surface area contributed by atoms with E-state index >= 15 is 0 Å². The number of anilines is 2. The van der Waals surface area contributed by atoms with Gasteiger partial charge in [-0.05, 0) is 24.3 Å². The van der Waals surface area contributed by atoms with Crippen LogP contribution in [0.15, 0.2) is 36.7 Å². The van der Waals surface area contributed by atoms with E-state index in [0.29, 0.717) is 5.56 Å². The first-order valence-electron chi connectivity index (χ1n) is 6.12. The molecular weight excluding hydrogens is 272 g/mol. The molecule has 0 spiro atoms. The predicted molar refractivity (Wildman–Crippen MR) is 77.7 cm³/mol. The molecule has 7 heteroatoms. The zero-order valence-electron chi connectivity index (χ0n) is 11.6. The highest BCUT2D eigenvalue weighted by Crippen LogP contribution is 2.14. The molecule has 1 amide bonds. The molecule has 2 aromatic heterocycles. The summed E-state index contributed by atoms with van der Waals surface area (Å²) in [6.45, 7) is 0. The SMILES string of the molecule is CN(C)c1ccc(C(=O)Nc2ncccc2C(=O)O)cn1. The van der Waals surface area contributed by atoms with Crippen molar-refractivity contribution in [3.05, 3.63) is 47.8 Å². The fourth-order valence-corrected chi connectivity index (χ4v) is 1.64. The summed E-state index contributed by atoms with van der Waals surface area (Å²) in [6, 6.07) is 6.18. The number of nitrogens with zero attached hydrogens (tertiary/aromatic N) is 3. The second kappa shape index (κ2) is 6.00. The van der Waals surface area contributed by atoms with Crippen LogP contribution in [0.5, 0.6) is 0 Å². The van der Waals surface area contributed by atoms with E-state index < -0.39 is 11.9 Å².